The number of nitrogens with one attached hydrogen (secondary N) is 10. The van der Waals surface area contributed by atoms with Gasteiger partial charge in [-0.1, -0.05) is 125 Å². The summed E-state index contributed by atoms with van der Waals surface area (Å²) >= 11 is 0. The minimum atomic E-state index is -1.34. The van der Waals surface area contributed by atoms with E-state index in [1.54, 1.807) is 58.0 Å². The predicted octanol–water partition coefficient (Wildman–Crippen LogP) is 2.85. The van der Waals surface area contributed by atoms with Crippen molar-refractivity contribution in [1.29, 1.82) is 0 Å². The molecule has 9 amide bonds. The fourth-order valence-corrected chi connectivity index (χ4v) is 9.47. The number of likely N-dealkylation sites (N-methyl/N-ethyl adjacent to an activating group) is 1. The van der Waals surface area contributed by atoms with Crippen molar-refractivity contribution in [2.75, 3.05) is 13.6 Å². The molecular formula is C59H87N11O11. The van der Waals surface area contributed by atoms with Gasteiger partial charge in [-0.2, -0.15) is 0 Å². The first-order valence-corrected chi connectivity index (χ1v) is 28.6. The summed E-state index contributed by atoms with van der Waals surface area (Å²) in [5.74, 6) is -9.46. The van der Waals surface area contributed by atoms with Crippen LogP contribution in [0.4, 0.5) is 0 Å². The number of ketones is 2. The van der Waals surface area contributed by atoms with E-state index >= 15 is 0 Å². The molecule has 1 aliphatic carbocycles. The summed E-state index contributed by atoms with van der Waals surface area (Å²) in [5, 5.41) is 28.0. The average Bonchev–Trinajstić information content (AvgIpc) is 3.45. The van der Waals surface area contributed by atoms with E-state index in [4.69, 9.17) is 0 Å². The maximum Gasteiger partial charge on any atom is 0.253 e. The smallest absolute Gasteiger partial charge is 0.253 e. The molecule has 1 aliphatic heterocycles. The fraction of sp³-hybridized carbons (Fsp3) is 0.593. The molecule has 81 heavy (non-hydrogen) atoms. The van der Waals surface area contributed by atoms with Gasteiger partial charge in [0.15, 0.2) is 5.78 Å². The van der Waals surface area contributed by atoms with Crippen molar-refractivity contribution in [2.24, 2.45) is 29.6 Å². The van der Waals surface area contributed by atoms with Gasteiger partial charge in [-0.3, -0.25) is 57.7 Å². The second kappa shape index (κ2) is 31.5. The van der Waals surface area contributed by atoms with Gasteiger partial charge < -0.3 is 53.2 Å². The van der Waals surface area contributed by atoms with Crippen LogP contribution in [0, 0.1) is 29.6 Å². The number of nitrogens with zero attached hydrogens (tertiary/aromatic N) is 1. The van der Waals surface area contributed by atoms with Crippen molar-refractivity contribution in [3.8, 4) is 0 Å². The van der Waals surface area contributed by atoms with Crippen LogP contribution in [-0.2, 0) is 44.8 Å². The number of aromatic nitrogens is 1. The number of allylic oxidation sites excluding steroid dienone is 2. The standard InChI is InChI=1S/C59H87N11O11/c1-13-32(7)46-56(78)63-36(11)51(73)67-49(35(10)16-4)59(81)70-48(34(9)15-3)57(79)64-40(24-20-21-25-62-52(74)39-30-61-29-38-45(39)44(71)28-41(60-12)50(38)72)53(75)68-47(33(8)14-2)58(80)66-43(27-37-22-18-17-19-23-37)54(76)65-42(26-31(5)6)55(77)69-46/h17-19,22-23,28-36,40,42-43,46-49,60H,13-16,20-21,24-27H2,1-12H3,(H,62,74)(H,63,78)(H,64,79)(H,65,76)(H,66,80)(H,67,73)(H,68,75)(H,69,77)(H,70,81)/t32-,33-,34+,35-,36+,40-,42+,43+,46-,47-,48+,49-/m0/s1. The summed E-state index contributed by atoms with van der Waals surface area (Å²) in [7, 11) is 1.50. The third-order valence-corrected chi connectivity index (χ3v) is 15.5. The Kier molecular flexibility index (Phi) is 25.6. The summed E-state index contributed by atoms with van der Waals surface area (Å²) in [4.78, 5) is 159. The molecule has 4 rings (SSSR count). The first kappa shape index (κ1) is 66.0. The molecule has 2 heterocycles. The van der Waals surface area contributed by atoms with E-state index in [1.807, 2.05) is 41.5 Å². The number of hydrogen-bond donors (Lipinski definition) is 10. The van der Waals surface area contributed by atoms with Crippen LogP contribution in [0.2, 0.25) is 0 Å². The maximum absolute atomic E-state index is 14.8. The lowest BCUT2D eigenvalue weighted by Crippen LogP contribution is -2.63. The van der Waals surface area contributed by atoms with E-state index in [0.29, 0.717) is 31.2 Å². The molecule has 2 aliphatic rings. The van der Waals surface area contributed by atoms with Crippen molar-refractivity contribution in [1.82, 2.24) is 58.2 Å². The molecule has 0 spiro atoms. The van der Waals surface area contributed by atoms with E-state index in [-0.39, 0.29) is 67.0 Å². The molecule has 22 nitrogen and oxygen atoms in total. The molecular weight excluding hydrogens is 1040 g/mol. The summed E-state index contributed by atoms with van der Waals surface area (Å²) in [5.41, 5.74) is 0.531. The Morgan fingerprint density at radius 3 is 1.53 bits per heavy atom. The number of Topliss-reactive ketones (excluding diaryl/α,β-unsaturated/α-hetero) is 1. The van der Waals surface area contributed by atoms with Crippen LogP contribution in [0.1, 0.15) is 164 Å². The molecule has 0 unspecified atom stereocenters. The SMILES string of the molecule is CC[C@@H](C)[C@H]1NC(=O)[C@H]([C@@H](C)CC)NC(=O)[C@@H](C)NC(=O)[C@H]([C@@H](C)CC)NC(=O)[C@@H](CC(C)C)NC(=O)[C@@H](Cc2ccccc2)NC(=O)[C@H]([C@@H](C)CC)NC(=O)[C@H](CCCCNC(=O)c2cncc3c2C(=O)C=C(NC)C3=O)NC1=O. The molecule has 10 N–H and O–H groups in total. The minimum Gasteiger partial charge on any atom is -0.385 e. The topological polar surface area (TPSA) is 321 Å². The molecule has 12 atom stereocenters. The highest BCUT2D eigenvalue weighted by atomic mass is 16.2. The highest BCUT2D eigenvalue weighted by Crippen LogP contribution is 2.23. The van der Waals surface area contributed by atoms with Crippen molar-refractivity contribution >= 4 is 64.7 Å². The monoisotopic (exact) mass is 1130 g/mol. The number of fused-ring (bicyclic) bond motifs is 1. The lowest BCUT2D eigenvalue weighted by atomic mass is 9.90. The molecule has 1 fully saturated rings. The van der Waals surface area contributed by atoms with E-state index < -0.39 is 137 Å². The Balaban J connectivity index is 1.77. The highest BCUT2D eigenvalue weighted by molar-refractivity contribution is 6.27. The number of hydrogen-bond acceptors (Lipinski definition) is 13. The lowest BCUT2D eigenvalue weighted by molar-refractivity contribution is -0.138. The molecule has 444 valence electrons. The molecule has 22 heteroatoms. The first-order valence-electron chi connectivity index (χ1n) is 28.6. The largest absolute Gasteiger partial charge is 0.385 e. The molecule has 0 radical (unpaired) electrons. The van der Waals surface area contributed by atoms with Crippen molar-refractivity contribution < 1.29 is 52.7 Å². The van der Waals surface area contributed by atoms with Gasteiger partial charge in [0.2, 0.25) is 53.0 Å². The van der Waals surface area contributed by atoms with Gasteiger partial charge in [-0.15, -0.1) is 0 Å². The van der Waals surface area contributed by atoms with Gasteiger partial charge in [0.25, 0.3) is 5.91 Å². The van der Waals surface area contributed by atoms with Crippen LogP contribution in [0.3, 0.4) is 0 Å². The summed E-state index contributed by atoms with van der Waals surface area (Å²) in [6.45, 7) is 19.5. The van der Waals surface area contributed by atoms with Crippen LogP contribution >= 0.6 is 0 Å². The maximum atomic E-state index is 14.8. The summed E-state index contributed by atoms with van der Waals surface area (Å²) in [6.07, 6.45) is 5.72. The fourth-order valence-electron chi connectivity index (χ4n) is 9.47. The average molecular weight is 1130 g/mol. The van der Waals surface area contributed by atoms with Crippen LogP contribution < -0.4 is 53.2 Å². The number of rotatable bonds is 19. The first-order chi connectivity index (χ1) is 38.4. The Morgan fingerprint density at radius 2 is 1.01 bits per heavy atom. The van der Waals surface area contributed by atoms with E-state index in [1.165, 1.54) is 26.4 Å². The van der Waals surface area contributed by atoms with Crippen LogP contribution in [0.25, 0.3) is 0 Å². The van der Waals surface area contributed by atoms with E-state index in [9.17, 15) is 52.7 Å². The van der Waals surface area contributed by atoms with Crippen LogP contribution in [0.15, 0.2) is 54.5 Å². The molecule has 0 saturated carbocycles. The third-order valence-electron chi connectivity index (χ3n) is 15.5. The van der Waals surface area contributed by atoms with Gasteiger partial charge >= 0.3 is 0 Å². The van der Waals surface area contributed by atoms with Crippen LogP contribution in [-0.4, -0.2) is 132 Å². The number of unbranched alkanes of at least 4 members (excludes halogenated alkanes) is 1. The van der Waals surface area contributed by atoms with Gasteiger partial charge in [-0.25, -0.2) is 0 Å². The summed E-state index contributed by atoms with van der Waals surface area (Å²) < 4.78 is 0. The number of amides is 9. The van der Waals surface area contributed by atoms with Crippen LogP contribution in [0.5, 0.6) is 0 Å². The van der Waals surface area contributed by atoms with Gasteiger partial charge in [0.1, 0.15) is 48.3 Å². The molecule has 1 aromatic heterocycles. The number of pyridine rings is 1. The Morgan fingerprint density at radius 1 is 0.556 bits per heavy atom. The zero-order chi connectivity index (χ0) is 60.2. The van der Waals surface area contributed by atoms with Crippen molar-refractivity contribution in [2.45, 2.75) is 182 Å². The zero-order valence-corrected chi connectivity index (χ0v) is 49.1. The van der Waals surface area contributed by atoms with E-state index in [0.717, 1.165) is 6.08 Å². The Bertz CT molecular complexity index is 2630. The second-order valence-electron chi connectivity index (χ2n) is 22.1. The summed E-state index contributed by atoms with van der Waals surface area (Å²) in [6, 6.07) is -0.974. The van der Waals surface area contributed by atoms with Gasteiger partial charge in [0, 0.05) is 44.0 Å². The lowest BCUT2D eigenvalue weighted by Gasteiger charge is -2.32. The number of benzene rings is 1. The molecule has 1 saturated heterocycles. The normalized spacial score (nSPS) is 24.6. The van der Waals surface area contributed by atoms with Crippen molar-refractivity contribution in [3.63, 3.8) is 0 Å². The predicted molar refractivity (Wildman–Crippen MR) is 305 cm³/mol. The van der Waals surface area contributed by atoms with Gasteiger partial charge in [-0.05, 0) is 67.8 Å². The van der Waals surface area contributed by atoms with Gasteiger partial charge in [0.05, 0.1) is 16.8 Å². The number of carbonyl (C=O) groups excluding carboxylic acids is 11. The third kappa shape index (κ3) is 18.2. The molecule has 1 aromatic carbocycles. The van der Waals surface area contributed by atoms with E-state index in [2.05, 4.69) is 58.2 Å². The quantitative estimate of drug-likeness (QED) is 0.0907. The Hall–Kier alpha value is -7.52. The second-order valence-corrected chi connectivity index (χ2v) is 22.1. The highest BCUT2D eigenvalue weighted by Gasteiger charge is 2.39. The zero-order valence-electron chi connectivity index (χ0n) is 49.1. The molecule has 0 bridgehead atoms. The molecule has 2 aromatic rings. The van der Waals surface area contributed by atoms with Crippen molar-refractivity contribution in [3.05, 3.63) is 76.8 Å². The minimum absolute atomic E-state index is 0.0186. The number of carbonyl (C=O) groups is 11. The Labute approximate surface area is 476 Å².